The number of ether oxygens (including phenoxy) is 2. The van der Waals surface area contributed by atoms with Crippen molar-refractivity contribution in [2.45, 2.75) is 52.7 Å². The van der Waals surface area contributed by atoms with E-state index in [1.165, 1.54) is 0 Å². The Morgan fingerprint density at radius 3 is 2.38 bits per heavy atom. The van der Waals surface area contributed by atoms with Gasteiger partial charge >= 0.3 is 6.09 Å². The molecule has 0 aromatic carbocycles. The number of carbonyl (C=O) groups is 1. The van der Waals surface area contributed by atoms with Gasteiger partial charge in [0.1, 0.15) is 5.60 Å². The van der Waals surface area contributed by atoms with Crippen molar-refractivity contribution in [3.05, 3.63) is 0 Å². The van der Waals surface area contributed by atoms with Crippen LogP contribution in [0.5, 0.6) is 0 Å². The molecule has 0 spiro atoms. The van der Waals surface area contributed by atoms with Crippen LogP contribution in [0.4, 0.5) is 4.79 Å². The quantitative estimate of drug-likeness (QED) is 0.753. The van der Waals surface area contributed by atoms with Gasteiger partial charge in [-0.3, -0.25) is 0 Å². The molecular formula is C12H23NO3. The first-order valence-electron chi connectivity index (χ1n) is 5.76. The molecule has 0 aromatic rings. The second-order valence-electron chi connectivity index (χ2n) is 6.18. The Labute approximate surface area is 97.7 Å². The van der Waals surface area contributed by atoms with Crippen LogP contribution in [0.15, 0.2) is 0 Å². The van der Waals surface area contributed by atoms with Crippen molar-refractivity contribution in [2.75, 3.05) is 13.2 Å². The molecule has 1 aliphatic rings. The van der Waals surface area contributed by atoms with Gasteiger partial charge in [-0.05, 0) is 32.6 Å². The second kappa shape index (κ2) is 4.62. The summed E-state index contributed by atoms with van der Waals surface area (Å²) in [5, 5.41) is 2.80. The van der Waals surface area contributed by atoms with E-state index >= 15 is 0 Å². The minimum atomic E-state index is -0.437. The highest BCUT2D eigenvalue weighted by atomic mass is 16.6. The van der Waals surface area contributed by atoms with Gasteiger partial charge in [0.25, 0.3) is 0 Å². The molecule has 0 aromatic heterocycles. The molecule has 16 heavy (non-hydrogen) atoms. The second-order valence-corrected chi connectivity index (χ2v) is 6.18. The maximum atomic E-state index is 11.4. The first-order valence-corrected chi connectivity index (χ1v) is 5.76. The molecule has 1 N–H and O–H groups in total. The Hall–Kier alpha value is -0.770. The average molecular weight is 229 g/mol. The molecule has 0 radical (unpaired) electrons. The van der Waals surface area contributed by atoms with Crippen LogP contribution in [-0.4, -0.2) is 30.9 Å². The van der Waals surface area contributed by atoms with Crippen LogP contribution in [0, 0.1) is 5.41 Å². The Balaban J connectivity index is 2.24. The van der Waals surface area contributed by atoms with Crippen molar-refractivity contribution in [2.24, 2.45) is 5.41 Å². The molecule has 0 aliphatic carbocycles. The number of alkyl carbamates (subject to hydrolysis) is 1. The molecule has 1 unspecified atom stereocenters. The van der Waals surface area contributed by atoms with E-state index in [0.29, 0.717) is 12.6 Å². The van der Waals surface area contributed by atoms with Crippen LogP contribution >= 0.6 is 0 Å². The minimum absolute atomic E-state index is 0.0536. The smallest absolute Gasteiger partial charge is 0.407 e. The Morgan fingerprint density at radius 2 is 1.94 bits per heavy atom. The van der Waals surface area contributed by atoms with Gasteiger partial charge in [0.05, 0.1) is 12.7 Å². The molecule has 1 heterocycles. The number of carbonyl (C=O) groups excluding carboxylic acids is 1. The number of epoxide rings is 1. The summed E-state index contributed by atoms with van der Waals surface area (Å²) in [6, 6.07) is 0. The van der Waals surface area contributed by atoms with Crippen molar-refractivity contribution in [3.8, 4) is 0 Å². The fourth-order valence-corrected chi connectivity index (χ4v) is 1.50. The van der Waals surface area contributed by atoms with E-state index in [0.717, 1.165) is 13.0 Å². The van der Waals surface area contributed by atoms with Crippen LogP contribution < -0.4 is 5.32 Å². The average Bonchev–Trinajstić information content (AvgIpc) is 2.81. The molecule has 1 amide bonds. The highest BCUT2D eigenvalue weighted by molar-refractivity contribution is 5.67. The molecule has 0 bridgehead atoms. The molecule has 4 nitrogen and oxygen atoms in total. The maximum Gasteiger partial charge on any atom is 0.407 e. The zero-order valence-corrected chi connectivity index (χ0v) is 10.9. The molecule has 94 valence electrons. The van der Waals surface area contributed by atoms with Crippen LogP contribution in [-0.2, 0) is 9.47 Å². The maximum absolute atomic E-state index is 11.4. The van der Waals surface area contributed by atoms with Crippen LogP contribution in [0.1, 0.15) is 41.0 Å². The summed E-state index contributed by atoms with van der Waals surface area (Å²) >= 11 is 0. The van der Waals surface area contributed by atoms with E-state index in [4.69, 9.17) is 9.47 Å². The summed E-state index contributed by atoms with van der Waals surface area (Å²) in [7, 11) is 0. The number of nitrogens with one attached hydrogen (secondary N) is 1. The van der Waals surface area contributed by atoms with Crippen LogP contribution in [0.3, 0.4) is 0 Å². The van der Waals surface area contributed by atoms with Gasteiger partial charge in [-0.25, -0.2) is 4.79 Å². The Bertz CT molecular complexity index is 251. The van der Waals surface area contributed by atoms with E-state index in [-0.39, 0.29) is 11.5 Å². The van der Waals surface area contributed by atoms with Gasteiger partial charge in [-0.15, -0.1) is 0 Å². The molecule has 1 rings (SSSR count). The van der Waals surface area contributed by atoms with Crippen molar-refractivity contribution in [3.63, 3.8) is 0 Å². The van der Waals surface area contributed by atoms with E-state index in [2.05, 4.69) is 19.2 Å². The van der Waals surface area contributed by atoms with Gasteiger partial charge in [0, 0.05) is 6.54 Å². The summed E-state index contributed by atoms with van der Waals surface area (Å²) in [6.07, 6.45) is 1.01. The molecule has 1 saturated heterocycles. The first kappa shape index (κ1) is 13.3. The number of amides is 1. The SMILES string of the molecule is CC(C)(CNC(=O)OC(C)(C)C)CC1CO1. The highest BCUT2D eigenvalue weighted by Gasteiger charge is 2.31. The summed E-state index contributed by atoms with van der Waals surface area (Å²) in [6.45, 7) is 11.3. The number of hydrogen-bond donors (Lipinski definition) is 1. The lowest BCUT2D eigenvalue weighted by molar-refractivity contribution is 0.0502. The van der Waals surface area contributed by atoms with Crippen molar-refractivity contribution < 1.29 is 14.3 Å². The van der Waals surface area contributed by atoms with Crippen molar-refractivity contribution in [1.82, 2.24) is 5.32 Å². The lowest BCUT2D eigenvalue weighted by Gasteiger charge is -2.26. The van der Waals surface area contributed by atoms with Crippen molar-refractivity contribution in [1.29, 1.82) is 0 Å². The summed E-state index contributed by atoms with van der Waals surface area (Å²) in [5.74, 6) is 0. The molecule has 1 atom stereocenters. The van der Waals surface area contributed by atoms with Crippen LogP contribution in [0.25, 0.3) is 0 Å². The summed E-state index contributed by atoms with van der Waals surface area (Å²) in [4.78, 5) is 11.4. The zero-order valence-electron chi connectivity index (χ0n) is 10.9. The number of hydrogen-bond acceptors (Lipinski definition) is 3. The van der Waals surface area contributed by atoms with E-state index in [1.807, 2.05) is 20.8 Å². The predicted octanol–water partition coefficient (Wildman–Crippen LogP) is 2.33. The Morgan fingerprint density at radius 1 is 1.38 bits per heavy atom. The van der Waals surface area contributed by atoms with Crippen LogP contribution in [0.2, 0.25) is 0 Å². The summed E-state index contributed by atoms with van der Waals surface area (Å²) in [5.41, 5.74) is -0.383. The molecule has 1 fully saturated rings. The van der Waals surface area contributed by atoms with Gasteiger partial charge in [-0.2, -0.15) is 0 Å². The van der Waals surface area contributed by atoms with E-state index in [9.17, 15) is 4.79 Å². The Kier molecular flexibility index (Phi) is 3.84. The lowest BCUT2D eigenvalue weighted by Crippen LogP contribution is -2.38. The van der Waals surface area contributed by atoms with Gasteiger partial charge in [0.15, 0.2) is 0 Å². The third kappa shape index (κ3) is 5.95. The molecule has 4 heteroatoms. The minimum Gasteiger partial charge on any atom is -0.444 e. The van der Waals surface area contributed by atoms with Crippen molar-refractivity contribution >= 4 is 6.09 Å². The van der Waals surface area contributed by atoms with E-state index in [1.54, 1.807) is 0 Å². The lowest BCUT2D eigenvalue weighted by atomic mass is 9.88. The largest absolute Gasteiger partial charge is 0.444 e. The third-order valence-corrected chi connectivity index (χ3v) is 2.29. The fraction of sp³-hybridized carbons (Fsp3) is 0.917. The van der Waals surface area contributed by atoms with Gasteiger partial charge in [0.2, 0.25) is 0 Å². The fourth-order valence-electron chi connectivity index (χ4n) is 1.50. The monoisotopic (exact) mass is 229 g/mol. The van der Waals surface area contributed by atoms with E-state index < -0.39 is 5.60 Å². The van der Waals surface area contributed by atoms with Gasteiger partial charge in [-0.1, -0.05) is 13.8 Å². The normalized spacial score (nSPS) is 20.4. The molecular weight excluding hydrogens is 206 g/mol. The standard InChI is InChI=1S/C12H23NO3/c1-11(2,3)16-10(14)13-8-12(4,5)6-9-7-15-9/h9H,6-8H2,1-5H3,(H,13,14). The molecule has 0 saturated carbocycles. The molecule has 1 aliphatic heterocycles. The third-order valence-electron chi connectivity index (χ3n) is 2.29. The first-order chi connectivity index (χ1) is 7.18. The number of rotatable bonds is 4. The summed E-state index contributed by atoms with van der Waals surface area (Å²) < 4.78 is 10.4. The van der Waals surface area contributed by atoms with Gasteiger partial charge < -0.3 is 14.8 Å². The topological polar surface area (TPSA) is 50.9 Å². The zero-order chi connectivity index (χ0) is 12.4. The predicted molar refractivity (Wildman–Crippen MR) is 62.4 cm³/mol. The highest BCUT2D eigenvalue weighted by Crippen LogP contribution is 2.28.